The van der Waals surface area contributed by atoms with Crippen LogP contribution in [0.5, 0.6) is 0 Å². The van der Waals surface area contributed by atoms with Gasteiger partial charge in [-0.25, -0.2) is 4.98 Å². The molecule has 0 radical (unpaired) electrons. The highest BCUT2D eigenvalue weighted by Crippen LogP contribution is 2.35. The zero-order valence-electron chi connectivity index (χ0n) is 19.7. The molecule has 2 aromatic carbocycles. The number of amides is 1. The standard InChI is InChI=1S/C27H27ClN4O2S/c1-18(30(2)26(33)17-32-23-6-3-4-8-24(23)35-27(32)34)31-15-5-7-22(31)20-11-9-19(10-12-20)21-13-14-29-25(28)16-21/h3-4,6,8-14,16,18,22H,5,7,15,17H2,1-2H3. The van der Waals surface area contributed by atoms with Crippen LogP contribution in [0.25, 0.3) is 21.3 Å². The Hall–Kier alpha value is -3.00. The highest BCUT2D eigenvalue weighted by molar-refractivity contribution is 7.16. The monoisotopic (exact) mass is 506 g/mol. The first kappa shape index (κ1) is 23.7. The molecule has 4 aromatic rings. The molecule has 2 unspecified atom stereocenters. The van der Waals surface area contributed by atoms with Crippen LogP contribution < -0.4 is 4.87 Å². The maximum Gasteiger partial charge on any atom is 0.308 e. The Morgan fingerprint density at radius 1 is 1.17 bits per heavy atom. The first-order valence-electron chi connectivity index (χ1n) is 11.7. The number of likely N-dealkylation sites (N-methyl/N-ethyl adjacent to an activating group) is 1. The molecule has 1 amide bonds. The lowest BCUT2D eigenvalue weighted by Crippen LogP contribution is -2.48. The largest absolute Gasteiger partial charge is 0.329 e. The summed E-state index contributed by atoms with van der Waals surface area (Å²) in [6, 6.07) is 20.2. The van der Waals surface area contributed by atoms with Crippen LogP contribution in [0.1, 0.15) is 31.4 Å². The van der Waals surface area contributed by atoms with Crippen molar-refractivity contribution in [1.29, 1.82) is 0 Å². The summed E-state index contributed by atoms with van der Waals surface area (Å²) in [6.07, 6.45) is 3.75. The van der Waals surface area contributed by atoms with Gasteiger partial charge in [-0.3, -0.25) is 19.1 Å². The number of thiazole rings is 1. The highest BCUT2D eigenvalue weighted by Gasteiger charge is 2.33. The number of fused-ring (bicyclic) bond motifs is 1. The SMILES string of the molecule is CC(N(C)C(=O)Cn1c(=O)sc2ccccc21)N1CCCC1c1ccc(-c2ccnc(Cl)c2)cc1. The predicted molar refractivity (Wildman–Crippen MR) is 142 cm³/mol. The van der Waals surface area contributed by atoms with Crippen molar-refractivity contribution in [2.24, 2.45) is 0 Å². The van der Waals surface area contributed by atoms with Gasteiger partial charge in [0.05, 0.1) is 16.4 Å². The van der Waals surface area contributed by atoms with Crippen LogP contribution in [0.4, 0.5) is 0 Å². The fourth-order valence-electron chi connectivity index (χ4n) is 4.92. The Bertz CT molecular complexity index is 1410. The summed E-state index contributed by atoms with van der Waals surface area (Å²) in [6.45, 7) is 3.04. The Morgan fingerprint density at radius 2 is 1.94 bits per heavy atom. The molecule has 3 heterocycles. The smallest absolute Gasteiger partial charge is 0.308 e. The van der Waals surface area contributed by atoms with Gasteiger partial charge in [-0.1, -0.05) is 59.3 Å². The third kappa shape index (κ3) is 4.76. The maximum absolute atomic E-state index is 13.2. The van der Waals surface area contributed by atoms with Crippen LogP contribution in [0.15, 0.2) is 71.7 Å². The van der Waals surface area contributed by atoms with Gasteiger partial charge in [-0.15, -0.1) is 0 Å². The lowest BCUT2D eigenvalue weighted by Gasteiger charge is -2.37. The van der Waals surface area contributed by atoms with E-state index in [1.165, 1.54) is 16.9 Å². The second kappa shape index (κ2) is 9.93. The summed E-state index contributed by atoms with van der Waals surface area (Å²) < 4.78 is 2.48. The first-order chi connectivity index (χ1) is 16.9. The zero-order chi connectivity index (χ0) is 24.5. The van der Waals surface area contributed by atoms with E-state index in [1.807, 2.05) is 43.4 Å². The second-order valence-corrected chi connectivity index (χ2v) is 10.3. The van der Waals surface area contributed by atoms with Crippen LogP contribution in [0, 0.1) is 0 Å². The Labute approximate surface area is 213 Å². The van der Waals surface area contributed by atoms with Crippen molar-refractivity contribution in [3.05, 3.63) is 87.2 Å². The normalized spacial score (nSPS) is 17.1. The number of nitrogens with zero attached hydrogens (tertiary/aromatic N) is 4. The molecule has 2 atom stereocenters. The molecule has 0 saturated carbocycles. The molecule has 35 heavy (non-hydrogen) atoms. The van der Waals surface area contributed by atoms with E-state index in [9.17, 15) is 9.59 Å². The third-order valence-electron chi connectivity index (χ3n) is 6.95. The Morgan fingerprint density at radius 3 is 2.71 bits per heavy atom. The van der Waals surface area contributed by atoms with Gasteiger partial charge in [0.2, 0.25) is 5.91 Å². The van der Waals surface area contributed by atoms with E-state index < -0.39 is 0 Å². The quantitative estimate of drug-likeness (QED) is 0.328. The summed E-state index contributed by atoms with van der Waals surface area (Å²) >= 11 is 7.23. The topological polar surface area (TPSA) is 58.4 Å². The van der Waals surface area contributed by atoms with Crippen molar-refractivity contribution in [3.63, 3.8) is 0 Å². The van der Waals surface area contributed by atoms with Gasteiger partial charge < -0.3 is 4.90 Å². The molecule has 5 rings (SSSR count). The minimum absolute atomic E-state index is 0.0470. The van der Waals surface area contributed by atoms with Gasteiger partial charge in [0.15, 0.2) is 0 Å². The van der Waals surface area contributed by atoms with Gasteiger partial charge >= 0.3 is 4.87 Å². The summed E-state index contributed by atoms with van der Waals surface area (Å²) in [4.78, 5) is 33.8. The van der Waals surface area contributed by atoms with Crippen molar-refractivity contribution in [3.8, 4) is 11.1 Å². The zero-order valence-corrected chi connectivity index (χ0v) is 21.3. The minimum Gasteiger partial charge on any atom is -0.329 e. The summed E-state index contributed by atoms with van der Waals surface area (Å²) in [5.41, 5.74) is 4.18. The number of rotatable bonds is 6. The number of pyridine rings is 1. The molecule has 0 N–H and O–H groups in total. The number of carbonyl (C=O) groups is 1. The molecule has 180 valence electrons. The fourth-order valence-corrected chi connectivity index (χ4v) is 5.98. The van der Waals surface area contributed by atoms with E-state index in [-0.39, 0.29) is 29.5 Å². The van der Waals surface area contributed by atoms with E-state index >= 15 is 0 Å². The summed E-state index contributed by atoms with van der Waals surface area (Å²) in [5.74, 6) is -0.0706. The van der Waals surface area contributed by atoms with Crippen molar-refractivity contribution in [2.75, 3.05) is 13.6 Å². The molecule has 6 nitrogen and oxygen atoms in total. The van der Waals surface area contributed by atoms with E-state index in [2.05, 4.69) is 41.1 Å². The van der Waals surface area contributed by atoms with Crippen LogP contribution in [-0.4, -0.2) is 45.0 Å². The molecular weight excluding hydrogens is 480 g/mol. The number of likely N-dealkylation sites (tertiary alicyclic amines) is 1. The van der Waals surface area contributed by atoms with E-state index in [1.54, 1.807) is 15.7 Å². The Balaban J connectivity index is 1.31. The minimum atomic E-state index is -0.102. The third-order valence-corrected chi connectivity index (χ3v) is 8.12. The average molecular weight is 507 g/mol. The van der Waals surface area contributed by atoms with E-state index in [0.29, 0.717) is 5.15 Å². The van der Waals surface area contributed by atoms with Crippen LogP contribution in [0.2, 0.25) is 5.15 Å². The van der Waals surface area contributed by atoms with Crippen LogP contribution in [-0.2, 0) is 11.3 Å². The van der Waals surface area contributed by atoms with Crippen molar-refractivity contribution in [2.45, 2.75) is 38.5 Å². The lowest BCUT2D eigenvalue weighted by atomic mass is 10.00. The van der Waals surface area contributed by atoms with E-state index in [0.717, 1.165) is 40.7 Å². The van der Waals surface area contributed by atoms with Crippen molar-refractivity contribution >= 4 is 39.1 Å². The van der Waals surface area contributed by atoms with Gasteiger partial charge in [-0.05, 0) is 60.7 Å². The fraction of sp³-hybridized carbons (Fsp3) is 0.296. The van der Waals surface area contributed by atoms with Gasteiger partial charge in [0, 0.05) is 25.8 Å². The van der Waals surface area contributed by atoms with Gasteiger partial charge in [0.25, 0.3) is 0 Å². The molecule has 0 aliphatic carbocycles. The number of hydrogen-bond donors (Lipinski definition) is 0. The number of benzene rings is 2. The van der Waals surface area contributed by atoms with Crippen molar-refractivity contribution in [1.82, 2.24) is 19.4 Å². The first-order valence-corrected chi connectivity index (χ1v) is 12.9. The molecule has 1 fully saturated rings. The summed E-state index contributed by atoms with van der Waals surface area (Å²) in [7, 11) is 1.83. The number of aromatic nitrogens is 2. The average Bonchev–Trinajstić information content (AvgIpc) is 3.48. The molecule has 1 aliphatic rings. The molecule has 8 heteroatoms. The summed E-state index contributed by atoms with van der Waals surface area (Å²) in [5, 5.41) is 0.479. The maximum atomic E-state index is 13.2. The molecule has 0 bridgehead atoms. The molecular formula is C27H27ClN4O2S. The van der Waals surface area contributed by atoms with Gasteiger partial charge in [0.1, 0.15) is 11.7 Å². The molecule has 1 aliphatic heterocycles. The number of para-hydroxylation sites is 1. The van der Waals surface area contributed by atoms with E-state index in [4.69, 9.17) is 11.6 Å². The van der Waals surface area contributed by atoms with Gasteiger partial charge in [-0.2, -0.15) is 0 Å². The molecule has 1 saturated heterocycles. The van der Waals surface area contributed by atoms with Crippen LogP contribution >= 0.6 is 22.9 Å². The predicted octanol–water partition coefficient (Wildman–Crippen LogP) is 5.42. The van der Waals surface area contributed by atoms with Crippen LogP contribution in [0.3, 0.4) is 0 Å². The molecule has 2 aromatic heterocycles. The lowest BCUT2D eigenvalue weighted by molar-refractivity contribution is -0.136. The number of halogens is 1. The number of carbonyl (C=O) groups excluding carboxylic acids is 1. The highest BCUT2D eigenvalue weighted by atomic mass is 35.5. The second-order valence-electron chi connectivity index (χ2n) is 8.94. The number of hydrogen-bond acceptors (Lipinski definition) is 5. The Kier molecular flexibility index (Phi) is 6.73. The molecule has 0 spiro atoms. The van der Waals surface area contributed by atoms with Crippen molar-refractivity contribution < 1.29 is 4.79 Å².